The van der Waals surface area contributed by atoms with Gasteiger partial charge in [-0.05, 0) is 51.0 Å². The second-order valence-electron chi connectivity index (χ2n) is 6.82. The Morgan fingerprint density at radius 1 is 1.39 bits per heavy atom. The molecule has 0 bridgehead atoms. The van der Waals surface area contributed by atoms with Gasteiger partial charge in [-0.25, -0.2) is 12.8 Å². The van der Waals surface area contributed by atoms with Crippen LogP contribution in [0.15, 0.2) is 18.2 Å². The van der Waals surface area contributed by atoms with Crippen LogP contribution in [0.4, 0.5) is 10.1 Å². The lowest BCUT2D eigenvalue weighted by Crippen LogP contribution is -2.29. The zero-order valence-corrected chi connectivity index (χ0v) is 14.6. The minimum atomic E-state index is -3.43. The standard InChI is InChI=1S/C16H22FNO4S/c1-16(2,3)22-15(19)8-5-11-10-18(23(4,20)21)14-7-6-12(17)9-13(11)14/h6-7,9,11H,5,8,10H2,1-4H3. The van der Waals surface area contributed by atoms with Crippen LogP contribution in [0.2, 0.25) is 0 Å². The summed E-state index contributed by atoms with van der Waals surface area (Å²) in [5.74, 6) is -0.974. The van der Waals surface area contributed by atoms with E-state index < -0.39 is 21.4 Å². The SMILES string of the molecule is CC(C)(C)OC(=O)CCC1CN(S(C)(=O)=O)c2ccc(F)cc21. The van der Waals surface area contributed by atoms with E-state index >= 15 is 0 Å². The molecule has 1 aromatic carbocycles. The van der Waals surface area contributed by atoms with E-state index in [0.29, 0.717) is 17.7 Å². The lowest BCUT2D eigenvalue weighted by Gasteiger charge is -2.20. The molecule has 0 N–H and O–H groups in total. The number of esters is 1. The van der Waals surface area contributed by atoms with Crippen LogP contribution in [0.3, 0.4) is 0 Å². The van der Waals surface area contributed by atoms with Crippen LogP contribution in [0, 0.1) is 5.82 Å². The second-order valence-corrected chi connectivity index (χ2v) is 8.73. The van der Waals surface area contributed by atoms with Gasteiger partial charge >= 0.3 is 5.97 Å². The number of carbonyl (C=O) groups excluding carboxylic acids is 1. The predicted molar refractivity (Wildman–Crippen MR) is 86.4 cm³/mol. The van der Waals surface area contributed by atoms with E-state index in [1.165, 1.54) is 22.5 Å². The van der Waals surface area contributed by atoms with Crippen LogP contribution in [-0.2, 0) is 19.6 Å². The van der Waals surface area contributed by atoms with Crippen molar-refractivity contribution in [3.8, 4) is 0 Å². The average molecular weight is 343 g/mol. The third kappa shape index (κ3) is 4.43. The molecule has 1 atom stereocenters. The first-order valence-corrected chi connectivity index (χ1v) is 9.31. The molecule has 0 aromatic heterocycles. The predicted octanol–water partition coefficient (Wildman–Crippen LogP) is 2.81. The Balaban J connectivity index is 2.16. The molecule has 1 unspecified atom stereocenters. The van der Waals surface area contributed by atoms with Gasteiger partial charge in [0.05, 0.1) is 11.9 Å². The van der Waals surface area contributed by atoms with Crippen molar-refractivity contribution in [2.45, 2.75) is 45.1 Å². The molecule has 0 radical (unpaired) electrons. The third-order valence-corrected chi connectivity index (χ3v) is 4.75. The van der Waals surface area contributed by atoms with Gasteiger partial charge in [-0.15, -0.1) is 0 Å². The molecule has 1 aliphatic heterocycles. The zero-order valence-electron chi connectivity index (χ0n) is 13.8. The maximum atomic E-state index is 13.5. The summed E-state index contributed by atoms with van der Waals surface area (Å²) in [6.07, 6.45) is 1.70. The van der Waals surface area contributed by atoms with E-state index in [4.69, 9.17) is 4.74 Å². The van der Waals surface area contributed by atoms with E-state index in [1.54, 1.807) is 20.8 Å². The first-order valence-electron chi connectivity index (χ1n) is 7.46. The monoisotopic (exact) mass is 343 g/mol. The highest BCUT2D eigenvalue weighted by Crippen LogP contribution is 2.40. The Kier molecular flexibility index (Phi) is 4.71. The van der Waals surface area contributed by atoms with Gasteiger partial charge in [-0.1, -0.05) is 0 Å². The fourth-order valence-electron chi connectivity index (χ4n) is 2.72. The van der Waals surface area contributed by atoms with Crippen LogP contribution in [0.1, 0.15) is 45.1 Å². The molecule has 2 rings (SSSR count). The van der Waals surface area contributed by atoms with Crippen molar-refractivity contribution < 1.29 is 22.3 Å². The summed E-state index contributed by atoms with van der Waals surface area (Å²) >= 11 is 0. The molecule has 5 nitrogen and oxygen atoms in total. The normalized spacial score (nSPS) is 18.0. The lowest BCUT2D eigenvalue weighted by molar-refractivity contribution is -0.155. The summed E-state index contributed by atoms with van der Waals surface area (Å²) in [4.78, 5) is 11.8. The highest BCUT2D eigenvalue weighted by molar-refractivity contribution is 7.92. The number of sulfonamides is 1. The van der Waals surface area contributed by atoms with Crippen molar-refractivity contribution in [3.05, 3.63) is 29.6 Å². The second kappa shape index (κ2) is 6.11. The number of rotatable bonds is 4. The van der Waals surface area contributed by atoms with Crippen molar-refractivity contribution in [2.75, 3.05) is 17.1 Å². The van der Waals surface area contributed by atoms with Gasteiger partial charge in [-0.3, -0.25) is 9.10 Å². The first kappa shape index (κ1) is 17.7. The molecular weight excluding hydrogens is 321 g/mol. The Morgan fingerprint density at radius 3 is 2.61 bits per heavy atom. The summed E-state index contributed by atoms with van der Waals surface area (Å²) in [6.45, 7) is 5.59. The van der Waals surface area contributed by atoms with Crippen LogP contribution >= 0.6 is 0 Å². The molecule has 0 saturated carbocycles. The van der Waals surface area contributed by atoms with Crippen molar-refractivity contribution in [3.63, 3.8) is 0 Å². The topological polar surface area (TPSA) is 63.7 Å². The molecule has 0 saturated heterocycles. The number of halogens is 1. The number of hydrogen-bond donors (Lipinski definition) is 0. The molecule has 0 fully saturated rings. The maximum Gasteiger partial charge on any atom is 0.306 e. The number of ether oxygens (including phenoxy) is 1. The molecular formula is C16H22FNO4S. The molecule has 0 aliphatic carbocycles. The fraction of sp³-hybridized carbons (Fsp3) is 0.562. The lowest BCUT2D eigenvalue weighted by atomic mass is 9.96. The van der Waals surface area contributed by atoms with E-state index in [9.17, 15) is 17.6 Å². The number of hydrogen-bond acceptors (Lipinski definition) is 4. The summed E-state index contributed by atoms with van der Waals surface area (Å²) in [7, 11) is -3.43. The summed E-state index contributed by atoms with van der Waals surface area (Å²) in [5, 5.41) is 0. The molecule has 1 aliphatic rings. The average Bonchev–Trinajstić information content (AvgIpc) is 2.72. The summed E-state index contributed by atoms with van der Waals surface area (Å²) in [6, 6.07) is 4.06. The summed E-state index contributed by atoms with van der Waals surface area (Å²) in [5.41, 5.74) is 0.553. The molecule has 23 heavy (non-hydrogen) atoms. The molecule has 0 spiro atoms. The Morgan fingerprint density at radius 2 is 2.04 bits per heavy atom. The minimum Gasteiger partial charge on any atom is -0.460 e. The van der Waals surface area contributed by atoms with E-state index in [2.05, 4.69) is 0 Å². The van der Waals surface area contributed by atoms with Crippen LogP contribution in [0.5, 0.6) is 0 Å². The third-order valence-electron chi connectivity index (χ3n) is 3.60. The van der Waals surface area contributed by atoms with Gasteiger partial charge in [0.1, 0.15) is 11.4 Å². The number of carbonyl (C=O) groups is 1. The molecule has 0 amide bonds. The quantitative estimate of drug-likeness (QED) is 0.789. The zero-order chi connectivity index (χ0) is 17.4. The Labute approximate surface area is 136 Å². The van der Waals surface area contributed by atoms with E-state index in [1.807, 2.05) is 0 Å². The number of nitrogens with zero attached hydrogens (tertiary/aromatic N) is 1. The van der Waals surface area contributed by atoms with E-state index in [0.717, 1.165) is 6.26 Å². The largest absolute Gasteiger partial charge is 0.460 e. The molecule has 7 heteroatoms. The molecule has 1 aromatic rings. The van der Waals surface area contributed by atoms with Crippen molar-refractivity contribution in [1.29, 1.82) is 0 Å². The number of benzene rings is 1. The molecule has 128 valence electrons. The van der Waals surface area contributed by atoms with Crippen LogP contribution in [-0.4, -0.2) is 32.8 Å². The number of fused-ring (bicyclic) bond motifs is 1. The van der Waals surface area contributed by atoms with Crippen LogP contribution < -0.4 is 4.31 Å². The first-order chi connectivity index (χ1) is 10.5. The van der Waals surface area contributed by atoms with Crippen molar-refractivity contribution in [1.82, 2.24) is 0 Å². The minimum absolute atomic E-state index is 0.162. The highest BCUT2D eigenvalue weighted by atomic mass is 32.2. The van der Waals surface area contributed by atoms with Gasteiger partial charge in [0.15, 0.2) is 0 Å². The summed E-state index contributed by atoms with van der Waals surface area (Å²) < 4.78 is 43.8. The molecule has 1 heterocycles. The van der Waals surface area contributed by atoms with Gasteiger partial charge in [0, 0.05) is 18.9 Å². The highest BCUT2D eigenvalue weighted by Gasteiger charge is 2.34. The fourth-order valence-corrected chi connectivity index (χ4v) is 3.70. The van der Waals surface area contributed by atoms with Gasteiger partial charge in [0.25, 0.3) is 0 Å². The van der Waals surface area contributed by atoms with Gasteiger partial charge < -0.3 is 4.74 Å². The maximum absolute atomic E-state index is 13.5. The van der Waals surface area contributed by atoms with Crippen LogP contribution in [0.25, 0.3) is 0 Å². The van der Waals surface area contributed by atoms with Crippen molar-refractivity contribution >= 4 is 21.7 Å². The van der Waals surface area contributed by atoms with Crippen molar-refractivity contribution in [2.24, 2.45) is 0 Å². The Hall–Kier alpha value is -1.63. The smallest absolute Gasteiger partial charge is 0.306 e. The Bertz CT molecular complexity index is 709. The van der Waals surface area contributed by atoms with Gasteiger partial charge in [0.2, 0.25) is 10.0 Å². The van der Waals surface area contributed by atoms with E-state index in [-0.39, 0.29) is 24.9 Å². The number of anilines is 1. The van der Waals surface area contributed by atoms with Gasteiger partial charge in [-0.2, -0.15) is 0 Å².